The lowest BCUT2D eigenvalue weighted by atomic mass is 9.98. The van der Waals surface area contributed by atoms with Gasteiger partial charge >= 0.3 is 0 Å². The number of nitrogens with zero attached hydrogens (tertiary/aromatic N) is 7. The Labute approximate surface area is 182 Å². The number of nitrogen functional groups attached to an aromatic ring is 1. The number of nitrogens with two attached hydrogens (primary N) is 1. The molecule has 32 heavy (non-hydrogen) atoms. The Morgan fingerprint density at radius 2 is 1.97 bits per heavy atom. The molecule has 3 aromatic heterocycles. The highest BCUT2D eigenvalue weighted by molar-refractivity contribution is 5.76. The zero-order valence-electron chi connectivity index (χ0n) is 17.1. The number of pyridine rings is 1. The molecule has 0 bridgehead atoms. The Bertz CT molecular complexity index is 1240. The zero-order valence-corrected chi connectivity index (χ0v) is 17.1. The number of rotatable bonds is 5. The Balaban J connectivity index is 1.47. The van der Waals surface area contributed by atoms with Crippen LogP contribution in [0.3, 0.4) is 0 Å². The summed E-state index contributed by atoms with van der Waals surface area (Å²) in [6.45, 7) is 2.92. The average molecular weight is 437 g/mol. The van der Waals surface area contributed by atoms with Crippen molar-refractivity contribution in [3.63, 3.8) is 0 Å². The summed E-state index contributed by atoms with van der Waals surface area (Å²) >= 11 is 0. The summed E-state index contributed by atoms with van der Waals surface area (Å²) in [7, 11) is 0. The highest BCUT2D eigenvalue weighted by Gasteiger charge is 2.20. The van der Waals surface area contributed by atoms with Crippen molar-refractivity contribution >= 4 is 5.82 Å². The van der Waals surface area contributed by atoms with E-state index in [4.69, 9.17) is 5.73 Å². The molecular formula is C21H21F2N9. The number of tetrazole rings is 1. The van der Waals surface area contributed by atoms with E-state index in [0.717, 1.165) is 54.4 Å². The summed E-state index contributed by atoms with van der Waals surface area (Å²) in [5.41, 5.74) is 8.00. The van der Waals surface area contributed by atoms with E-state index in [0.29, 0.717) is 11.5 Å². The number of anilines is 1. The first-order valence-corrected chi connectivity index (χ1v) is 10.3. The highest BCUT2D eigenvalue weighted by Crippen LogP contribution is 2.30. The molecule has 0 amide bonds. The van der Waals surface area contributed by atoms with Crippen molar-refractivity contribution in [1.29, 1.82) is 0 Å². The van der Waals surface area contributed by atoms with Crippen LogP contribution >= 0.6 is 0 Å². The lowest BCUT2D eigenvalue weighted by Gasteiger charge is -2.22. The molecule has 0 aliphatic carbocycles. The molecule has 5 rings (SSSR count). The Kier molecular flexibility index (Phi) is 5.31. The lowest BCUT2D eigenvalue weighted by molar-refractivity contribution is 0.321. The highest BCUT2D eigenvalue weighted by atomic mass is 19.2. The van der Waals surface area contributed by atoms with Gasteiger partial charge in [-0.25, -0.2) is 13.8 Å². The fraction of sp³-hybridized carbons (Fsp3) is 0.286. The topological polar surface area (TPSA) is 112 Å². The van der Waals surface area contributed by atoms with Crippen molar-refractivity contribution in [1.82, 2.24) is 40.3 Å². The van der Waals surface area contributed by atoms with Crippen LogP contribution in [0, 0.1) is 17.6 Å². The SMILES string of the molecule is Nc1ncc(-c2cnn(CC3CCNCC3)c2)cc1-c1nnnn1-c1cccc(F)c1F. The van der Waals surface area contributed by atoms with Gasteiger partial charge in [0.25, 0.3) is 0 Å². The predicted octanol–water partition coefficient (Wildman–Crippen LogP) is 2.45. The van der Waals surface area contributed by atoms with Crippen LogP contribution in [-0.2, 0) is 6.54 Å². The number of halogens is 2. The Morgan fingerprint density at radius 3 is 2.81 bits per heavy atom. The maximum Gasteiger partial charge on any atom is 0.190 e. The van der Waals surface area contributed by atoms with Gasteiger partial charge in [0.1, 0.15) is 11.5 Å². The first-order valence-electron chi connectivity index (χ1n) is 10.3. The van der Waals surface area contributed by atoms with Crippen molar-refractivity contribution in [3.8, 4) is 28.2 Å². The largest absolute Gasteiger partial charge is 0.383 e. The molecule has 1 aliphatic heterocycles. The van der Waals surface area contributed by atoms with Crippen LogP contribution in [0.1, 0.15) is 12.8 Å². The zero-order chi connectivity index (χ0) is 22.1. The molecule has 0 atom stereocenters. The van der Waals surface area contributed by atoms with Gasteiger partial charge in [0.15, 0.2) is 17.5 Å². The normalized spacial score (nSPS) is 14.7. The standard InChI is InChI=1S/C21H21F2N9/c22-17-2-1-3-18(19(17)23)32-21(28-29-30-32)16-8-14(9-26-20(16)24)15-10-27-31(12-15)11-13-4-6-25-7-5-13/h1-3,8-10,12-13,25H,4-7,11H2,(H2,24,26). The molecule has 11 heteroatoms. The van der Waals surface area contributed by atoms with Gasteiger partial charge in [-0.1, -0.05) is 6.07 Å². The number of benzene rings is 1. The molecule has 0 unspecified atom stereocenters. The molecule has 4 heterocycles. The second-order valence-corrected chi connectivity index (χ2v) is 7.79. The minimum absolute atomic E-state index is 0.121. The summed E-state index contributed by atoms with van der Waals surface area (Å²) in [6, 6.07) is 5.57. The molecule has 3 N–H and O–H groups in total. The molecule has 1 fully saturated rings. The smallest absolute Gasteiger partial charge is 0.190 e. The monoisotopic (exact) mass is 437 g/mol. The van der Waals surface area contributed by atoms with E-state index < -0.39 is 11.6 Å². The molecule has 0 spiro atoms. The first kappa shape index (κ1) is 20.2. The predicted molar refractivity (Wildman–Crippen MR) is 114 cm³/mol. The summed E-state index contributed by atoms with van der Waals surface area (Å²) < 4.78 is 31.1. The number of hydrogen-bond acceptors (Lipinski definition) is 7. The lowest BCUT2D eigenvalue weighted by Crippen LogP contribution is -2.29. The van der Waals surface area contributed by atoms with Crippen LogP contribution in [-0.4, -0.2) is 48.1 Å². The van der Waals surface area contributed by atoms with Gasteiger partial charge in [-0.05, 0) is 60.5 Å². The molecule has 1 saturated heterocycles. The summed E-state index contributed by atoms with van der Waals surface area (Å²) in [6.07, 6.45) is 7.63. The van der Waals surface area contributed by atoms with Crippen molar-refractivity contribution in [2.24, 2.45) is 5.92 Å². The van der Waals surface area contributed by atoms with Gasteiger partial charge in [-0.15, -0.1) is 5.10 Å². The quantitative estimate of drug-likeness (QED) is 0.493. The van der Waals surface area contributed by atoms with Crippen molar-refractivity contribution in [2.75, 3.05) is 18.8 Å². The fourth-order valence-corrected chi connectivity index (χ4v) is 3.93. The third kappa shape index (κ3) is 3.82. The average Bonchev–Trinajstić information content (AvgIpc) is 3.47. The number of aromatic nitrogens is 7. The molecule has 4 aromatic rings. The molecule has 9 nitrogen and oxygen atoms in total. The van der Waals surface area contributed by atoms with E-state index in [2.05, 4.69) is 30.9 Å². The van der Waals surface area contributed by atoms with E-state index in [9.17, 15) is 8.78 Å². The van der Waals surface area contributed by atoms with Crippen LogP contribution in [0.2, 0.25) is 0 Å². The van der Waals surface area contributed by atoms with Gasteiger partial charge in [-0.3, -0.25) is 4.68 Å². The minimum atomic E-state index is -1.05. The molecule has 0 saturated carbocycles. The third-order valence-electron chi connectivity index (χ3n) is 5.66. The second-order valence-electron chi connectivity index (χ2n) is 7.79. The van der Waals surface area contributed by atoms with E-state index >= 15 is 0 Å². The Morgan fingerprint density at radius 1 is 1.12 bits per heavy atom. The van der Waals surface area contributed by atoms with Crippen molar-refractivity contribution in [2.45, 2.75) is 19.4 Å². The molecule has 164 valence electrons. The van der Waals surface area contributed by atoms with Crippen LogP contribution in [0.15, 0.2) is 42.9 Å². The van der Waals surface area contributed by atoms with Gasteiger partial charge in [0.2, 0.25) is 0 Å². The minimum Gasteiger partial charge on any atom is -0.383 e. The van der Waals surface area contributed by atoms with Crippen LogP contribution < -0.4 is 11.1 Å². The second kappa shape index (κ2) is 8.42. The summed E-state index contributed by atoms with van der Waals surface area (Å²) in [4.78, 5) is 4.27. The van der Waals surface area contributed by atoms with Crippen molar-refractivity contribution in [3.05, 3.63) is 54.5 Å². The maximum absolute atomic E-state index is 14.3. The number of piperidine rings is 1. The van der Waals surface area contributed by atoms with Crippen LogP contribution in [0.25, 0.3) is 28.2 Å². The van der Waals surface area contributed by atoms with Gasteiger partial charge in [0.05, 0.1) is 11.8 Å². The van der Waals surface area contributed by atoms with E-state index in [-0.39, 0.29) is 17.3 Å². The number of nitrogens with one attached hydrogen (secondary N) is 1. The van der Waals surface area contributed by atoms with E-state index in [1.165, 1.54) is 12.1 Å². The fourth-order valence-electron chi connectivity index (χ4n) is 3.93. The number of hydrogen-bond donors (Lipinski definition) is 2. The molecule has 1 aromatic carbocycles. The molecule has 1 aliphatic rings. The Hall–Kier alpha value is -3.73. The molecule has 0 radical (unpaired) electrons. The first-order chi connectivity index (χ1) is 15.6. The van der Waals surface area contributed by atoms with Crippen LogP contribution in [0.4, 0.5) is 14.6 Å². The summed E-state index contributed by atoms with van der Waals surface area (Å²) in [5, 5.41) is 19.3. The maximum atomic E-state index is 14.3. The van der Waals surface area contributed by atoms with Crippen LogP contribution in [0.5, 0.6) is 0 Å². The van der Waals surface area contributed by atoms with Gasteiger partial charge < -0.3 is 11.1 Å². The van der Waals surface area contributed by atoms with E-state index in [1.54, 1.807) is 18.5 Å². The van der Waals surface area contributed by atoms with Crippen molar-refractivity contribution < 1.29 is 8.78 Å². The summed E-state index contributed by atoms with van der Waals surface area (Å²) in [5.74, 6) is -1.13. The van der Waals surface area contributed by atoms with Gasteiger partial charge in [-0.2, -0.15) is 9.78 Å². The molecular weight excluding hydrogens is 416 g/mol. The van der Waals surface area contributed by atoms with E-state index in [1.807, 2.05) is 10.9 Å². The third-order valence-corrected chi connectivity index (χ3v) is 5.66. The van der Waals surface area contributed by atoms with Gasteiger partial charge in [0, 0.05) is 30.1 Å².